The van der Waals surface area contributed by atoms with Gasteiger partial charge in [0.2, 0.25) is 0 Å². The molecule has 9 heteroatoms. The summed E-state index contributed by atoms with van der Waals surface area (Å²) in [6.07, 6.45) is -5.33. The molecule has 9 nitrogen and oxygen atoms in total. The molecule has 1 aliphatic rings. The molecule has 186 valence electrons. The molecule has 5 unspecified atom stereocenters. The van der Waals surface area contributed by atoms with Gasteiger partial charge in [-0.15, -0.1) is 0 Å². The molecule has 0 spiro atoms. The van der Waals surface area contributed by atoms with Gasteiger partial charge in [-0.1, -0.05) is 54.6 Å². The van der Waals surface area contributed by atoms with Crippen molar-refractivity contribution >= 4 is 17.9 Å². The molecule has 1 saturated heterocycles. The third kappa shape index (κ3) is 5.95. The number of nitrogens with two attached hydrogens (primary N) is 1. The summed E-state index contributed by atoms with van der Waals surface area (Å²) in [6, 6.07) is 23.3. The van der Waals surface area contributed by atoms with Gasteiger partial charge in [-0.25, -0.2) is 14.4 Å². The lowest BCUT2D eigenvalue weighted by molar-refractivity contribution is -0.248. The molecular formula is C27H25NO8. The van der Waals surface area contributed by atoms with Gasteiger partial charge < -0.3 is 29.8 Å². The van der Waals surface area contributed by atoms with E-state index in [1.807, 2.05) is 0 Å². The Bertz CT molecular complexity index is 1170. The number of aliphatic hydroxyl groups is 1. The van der Waals surface area contributed by atoms with E-state index in [0.717, 1.165) is 0 Å². The summed E-state index contributed by atoms with van der Waals surface area (Å²) in [5, 5.41) is 10.4. The van der Waals surface area contributed by atoms with E-state index in [1.54, 1.807) is 91.0 Å². The van der Waals surface area contributed by atoms with Crippen LogP contribution in [-0.4, -0.2) is 60.3 Å². The Balaban J connectivity index is 1.57. The maximum atomic E-state index is 12.9. The van der Waals surface area contributed by atoms with Crippen LogP contribution in [0.15, 0.2) is 91.0 Å². The van der Waals surface area contributed by atoms with Crippen LogP contribution < -0.4 is 5.73 Å². The number of hydrogen-bond acceptors (Lipinski definition) is 9. The molecule has 5 atom stereocenters. The normalized spacial score (nSPS) is 23.3. The number of carbonyl (C=O) groups excluding carboxylic acids is 3. The van der Waals surface area contributed by atoms with Crippen LogP contribution in [0.25, 0.3) is 0 Å². The van der Waals surface area contributed by atoms with Gasteiger partial charge in [0.25, 0.3) is 0 Å². The van der Waals surface area contributed by atoms with Crippen molar-refractivity contribution in [3.8, 4) is 0 Å². The first-order valence-electron chi connectivity index (χ1n) is 11.3. The Morgan fingerprint density at radius 1 is 0.694 bits per heavy atom. The highest BCUT2D eigenvalue weighted by Gasteiger charge is 2.49. The first kappa shape index (κ1) is 25.1. The van der Waals surface area contributed by atoms with Crippen molar-refractivity contribution in [1.29, 1.82) is 0 Å². The van der Waals surface area contributed by atoms with Crippen molar-refractivity contribution in [1.82, 2.24) is 0 Å². The smallest absolute Gasteiger partial charge is 0.338 e. The molecular weight excluding hydrogens is 466 g/mol. The van der Waals surface area contributed by atoms with Crippen molar-refractivity contribution in [3.05, 3.63) is 108 Å². The molecule has 36 heavy (non-hydrogen) atoms. The van der Waals surface area contributed by atoms with Gasteiger partial charge in [0.15, 0.2) is 18.5 Å². The number of rotatable bonds is 7. The molecule has 0 bridgehead atoms. The maximum absolute atomic E-state index is 12.9. The summed E-state index contributed by atoms with van der Waals surface area (Å²) in [7, 11) is 0. The Hall–Kier alpha value is -4.05. The largest absolute Gasteiger partial charge is 0.459 e. The standard InChI is InChI=1S/C27H25NO8/c28-21-23(36-26(31)19-14-8-3-9-15-19)22(35-25(30)18-12-6-2-7-13-18)20(34-27(21)32)16-33-24(29)17-10-4-1-5-11-17/h1-15,20-23,27,32H,16,28H2. The second-order valence-corrected chi connectivity index (χ2v) is 8.08. The summed E-state index contributed by atoms with van der Waals surface area (Å²) in [4.78, 5) is 38.1. The predicted octanol–water partition coefficient (Wildman–Crippen LogP) is 2.34. The Morgan fingerprint density at radius 2 is 1.11 bits per heavy atom. The van der Waals surface area contributed by atoms with Gasteiger partial charge in [0.1, 0.15) is 12.7 Å². The Morgan fingerprint density at radius 3 is 1.58 bits per heavy atom. The summed E-state index contributed by atoms with van der Waals surface area (Å²) in [6.45, 7) is -0.399. The highest BCUT2D eigenvalue weighted by Crippen LogP contribution is 2.26. The van der Waals surface area contributed by atoms with Gasteiger partial charge in [-0.3, -0.25) is 0 Å². The average molecular weight is 491 g/mol. The lowest BCUT2D eigenvalue weighted by Gasteiger charge is -2.42. The van der Waals surface area contributed by atoms with E-state index in [4.69, 9.17) is 24.7 Å². The third-order valence-corrected chi connectivity index (χ3v) is 5.61. The monoisotopic (exact) mass is 491 g/mol. The van der Waals surface area contributed by atoms with E-state index < -0.39 is 55.2 Å². The number of esters is 3. The topological polar surface area (TPSA) is 134 Å². The quantitative estimate of drug-likeness (QED) is 0.377. The average Bonchev–Trinajstić information content (AvgIpc) is 2.92. The van der Waals surface area contributed by atoms with E-state index in [2.05, 4.69) is 0 Å². The number of ether oxygens (including phenoxy) is 4. The molecule has 0 saturated carbocycles. The van der Waals surface area contributed by atoms with E-state index in [1.165, 1.54) is 0 Å². The van der Waals surface area contributed by atoms with E-state index in [0.29, 0.717) is 5.56 Å². The van der Waals surface area contributed by atoms with Crippen LogP contribution in [0.4, 0.5) is 0 Å². The number of aliphatic hydroxyl groups excluding tert-OH is 1. The van der Waals surface area contributed by atoms with Crippen LogP contribution in [-0.2, 0) is 18.9 Å². The van der Waals surface area contributed by atoms with Crippen molar-refractivity contribution in [2.45, 2.75) is 30.6 Å². The van der Waals surface area contributed by atoms with Crippen molar-refractivity contribution < 1.29 is 38.4 Å². The fourth-order valence-electron chi connectivity index (χ4n) is 3.71. The first-order chi connectivity index (χ1) is 17.4. The predicted molar refractivity (Wildman–Crippen MR) is 127 cm³/mol. The molecule has 0 radical (unpaired) electrons. The van der Waals surface area contributed by atoms with Crippen LogP contribution in [0.3, 0.4) is 0 Å². The molecule has 1 fully saturated rings. The Labute approximate surface area is 207 Å². The van der Waals surface area contributed by atoms with Crippen LogP contribution in [0.5, 0.6) is 0 Å². The number of benzene rings is 3. The van der Waals surface area contributed by atoms with Crippen molar-refractivity contribution in [3.63, 3.8) is 0 Å². The molecule has 1 heterocycles. The summed E-state index contributed by atoms with van der Waals surface area (Å²) >= 11 is 0. The van der Waals surface area contributed by atoms with E-state index in [9.17, 15) is 19.5 Å². The van der Waals surface area contributed by atoms with E-state index >= 15 is 0 Å². The fraction of sp³-hybridized carbons (Fsp3) is 0.222. The van der Waals surface area contributed by atoms with Gasteiger partial charge in [0.05, 0.1) is 22.7 Å². The SMILES string of the molecule is NC1C(O)OC(COC(=O)c2ccccc2)C(OC(=O)c2ccccc2)C1OC(=O)c1ccccc1. The molecule has 3 aromatic rings. The second kappa shape index (κ2) is 11.6. The molecule has 0 aliphatic carbocycles. The summed E-state index contributed by atoms with van der Waals surface area (Å²) in [5.41, 5.74) is 6.90. The molecule has 3 aromatic carbocycles. The summed E-state index contributed by atoms with van der Waals surface area (Å²) in [5.74, 6) is -2.10. The highest BCUT2D eigenvalue weighted by molar-refractivity contribution is 5.90. The van der Waals surface area contributed by atoms with Crippen molar-refractivity contribution in [2.75, 3.05) is 6.61 Å². The minimum atomic E-state index is -1.58. The molecule has 1 aliphatic heterocycles. The third-order valence-electron chi connectivity index (χ3n) is 5.61. The zero-order valence-electron chi connectivity index (χ0n) is 19.1. The van der Waals surface area contributed by atoms with Gasteiger partial charge >= 0.3 is 17.9 Å². The lowest BCUT2D eigenvalue weighted by atomic mass is 9.96. The first-order valence-corrected chi connectivity index (χ1v) is 11.3. The molecule has 0 aromatic heterocycles. The fourth-order valence-corrected chi connectivity index (χ4v) is 3.71. The zero-order chi connectivity index (χ0) is 25.5. The van der Waals surface area contributed by atoms with Crippen LogP contribution in [0.1, 0.15) is 31.1 Å². The summed E-state index contributed by atoms with van der Waals surface area (Å²) < 4.78 is 22.2. The van der Waals surface area contributed by atoms with E-state index in [-0.39, 0.29) is 11.1 Å². The van der Waals surface area contributed by atoms with Crippen LogP contribution in [0, 0.1) is 0 Å². The van der Waals surface area contributed by atoms with Gasteiger partial charge in [-0.2, -0.15) is 0 Å². The van der Waals surface area contributed by atoms with Crippen LogP contribution >= 0.6 is 0 Å². The number of hydrogen-bond donors (Lipinski definition) is 2. The lowest BCUT2D eigenvalue weighted by Crippen LogP contribution is -2.64. The minimum Gasteiger partial charge on any atom is -0.459 e. The zero-order valence-corrected chi connectivity index (χ0v) is 19.1. The van der Waals surface area contributed by atoms with Crippen LogP contribution in [0.2, 0.25) is 0 Å². The maximum Gasteiger partial charge on any atom is 0.338 e. The second-order valence-electron chi connectivity index (χ2n) is 8.08. The number of carbonyl (C=O) groups is 3. The molecule has 0 amide bonds. The minimum absolute atomic E-state index is 0.241. The molecule has 4 rings (SSSR count). The van der Waals surface area contributed by atoms with Gasteiger partial charge in [0, 0.05) is 0 Å². The molecule has 3 N–H and O–H groups in total. The van der Waals surface area contributed by atoms with Gasteiger partial charge in [-0.05, 0) is 36.4 Å². The van der Waals surface area contributed by atoms with Crippen molar-refractivity contribution in [2.24, 2.45) is 5.73 Å². The highest BCUT2D eigenvalue weighted by atomic mass is 16.7. The Kier molecular flexibility index (Phi) is 8.06.